The number of para-hydroxylation sites is 1. The molecule has 0 fully saturated rings. The van der Waals surface area contributed by atoms with Crippen LogP contribution in [0.3, 0.4) is 0 Å². The Morgan fingerprint density at radius 1 is 1.26 bits per heavy atom. The molecule has 4 rings (SSSR count). The van der Waals surface area contributed by atoms with E-state index in [-0.39, 0.29) is 24.4 Å². The number of aryl methyl sites for hydroxylation is 1. The number of halogens is 1. The van der Waals surface area contributed by atoms with Crippen LogP contribution in [0.5, 0.6) is 5.75 Å². The lowest BCUT2D eigenvalue weighted by Crippen LogP contribution is -2.35. The Morgan fingerprint density at radius 2 is 2.00 bits per heavy atom. The van der Waals surface area contributed by atoms with E-state index in [9.17, 15) is 9.18 Å². The summed E-state index contributed by atoms with van der Waals surface area (Å²) in [5.74, 6) is 0.245. The maximum Gasteiger partial charge on any atom is 0.270 e. The molecule has 1 aromatic heterocycles. The van der Waals surface area contributed by atoms with Gasteiger partial charge in [-0.2, -0.15) is 0 Å². The number of amides is 1. The van der Waals surface area contributed by atoms with Gasteiger partial charge in [0, 0.05) is 11.7 Å². The molecule has 27 heavy (non-hydrogen) atoms. The molecule has 0 unspecified atom stereocenters. The molecule has 2 aromatic carbocycles. The first-order valence-electron chi connectivity index (χ1n) is 8.79. The zero-order chi connectivity index (χ0) is 19.0. The highest BCUT2D eigenvalue weighted by molar-refractivity contribution is 7.13. The van der Waals surface area contributed by atoms with Crippen molar-refractivity contribution in [2.75, 3.05) is 4.90 Å². The third kappa shape index (κ3) is 3.45. The summed E-state index contributed by atoms with van der Waals surface area (Å²) >= 11 is 1.35. The monoisotopic (exact) mass is 382 g/mol. The van der Waals surface area contributed by atoms with Gasteiger partial charge in [0.1, 0.15) is 28.1 Å². The van der Waals surface area contributed by atoms with Crippen molar-refractivity contribution in [2.24, 2.45) is 0 Å². The number of benzene rings is 2. The molecule has 1 atom stereocenters. The molecule has 0 bridgehead atoms. The smallest absolute Gasteiger partial charge is 0.270 e. The zero-order valence-corrected chi connectivity index (χ0v) is 15.9. The van der Waals surface area contributed by atoms with E-state index in [2.05, 4.69) is 18.0 Å². The average molecular weight is 382 g/mol. The lowest BCUT2D eigenvalue weighted by molar-refractivity contribution is 0.0984. The fraction of sp³-hybridized carbons (Fsp3) is 0.238. The maximum atomic E-state index is 13.2. The summed E-state index contributed by atoms with van der Waals surface area (Å²) in [5.41, 5.74) is 2.88. The van der Waals surface area contributed by atoms with Crippen molar-refractivity contribution in [2.45, 2.75) is 32.9 Å². The number of fused-ring (bicyclic) bond motifs is 1. The van der Waals surface area contributed by atoms with Crippen molar-refractivity contribution in [3.63, 3.8) is 0 Å². The summed E-state index contributed by atoms with van der Waals surface area (Å²) in [6, 6.07) is 14.0. The largest absolute Gasteiger partial charge is 0.486 e. The van der Waals surface area contributed by atoms with Crippen molar-refractivity contribution in [1.82, 2.24) is 4.98 Å². The number of carbonyl (C=O) groups is 1. The number of rotatable bonds is 4. The highest BCUT2D eigenvalue weighted by Crippen LogP contribution is 2.34. The molecule has 2 heterocycles. The van der Waals surface area contributed by atoms with Gasteiger partial charge < -0.3 is 9.64 Å². The topological polar surface area (TPSA) is 42.4 Å². The molecule has 0 radical (unpaired) electrons. The third-order valence-corrected chi connectivity index (χ3v) is 5.76. The predicted octanol–water partition coefficient (Wildman–Crippen LogP) is 4.76. The highest BCUT2D eigenvalue weighted by Gasteiger charge is 2.33. The molecular formula is C21H19FN2O2S. The molecule has 0 aliphatic carbocycles. The zero-order valence-electron chi connectivity index (χ0n) is 15.1. The lowest BCUT2D eigenvalue weighted by atomic mass is 10.1. The standard InChI is InChI=1S/C21H19FN2O2S/c1-13-11-15-5-3-4-6-18(15)24(13)21(25)20-14(2)23-19(27-20)12-26-17-9-7-16(22)8-10-17/h3-10,13H,11-12H2,1-2H3/t13-/m0/s1. The molecule has 0 N–H and O–H groups in total. The molecule has 1 aliphatic heterocycles. The van der Waals surface area contributed by atoms with E-state index in [1.54, 1.807) is 12.1 Å². The van der Waals surface area contributed by atoms with Crippen LogP contribution in [-0.2, 0) is 13.0 Å². The number of anilines is 1. The second-order valence-electron chi connectivity index (χ2n) is 6.62. The molecule has 0 saturated carbocycles. The summed E-state index contributed by atoms with van der Waals surface area (Å²) in [4.78, 5) is 20.2. The molecule has 138 valence electrons. The Kier molecular flexibility index (Phi) is 4.66. The Morgan fingerprint density at radius 3 is 2.78 bits per heavy atom. The molecule has 3 aromatic rings. The van der Waals surface area contributed by atoms with Crippen LogP contribution in [0.25, 0.3) is 0 Å². The normalized spacial score (nSPS) is 15.7. The lowest BCUT2D eigenvalue weighted by Gasteiger charge is -2.22. The van der Waals surface area contributed by atoms with Gasteiger partial charge >= 0.3 is 0 Å². The SMILES string of the molecule is Cc1nc(COc2ccc(F)cc2)sc1C(=O)N1c2ccccc2C[C@@H]1C. The molecule has 4 nitrogen and oxygen atoms in total. The van der Waals surface area contributed by atoms with Crippen LogP contribution in [0.15, 0.2) is 48.5 Å². The van der Waals surface area contributed by atoms with Gasteiger partial charge in [-0.3, -0.25) is 4.79 Å². The fourth-order valence-electron chi connectivity index (χ4n) is 3.37. The average Bonchev–Trinajstić information content (AvgIpc) is 3.19. The molecule has 6 heteroatoms. The van der Waals surface area contributed by atoms with Crippen molar-refractivity contribution < 1.29 is 13.9 Å². The van der Waals surface area contributed by atoms with Gasteiger partial charge in [-0.25, -0.2) is 9.37 Å². The number of carbonyl (C=O) groups excluding carboxylic acids is 1. The van der Waals surface area contributed by atoms with Crippen molar-refractivity contribution >= 4 is 22.9 Å². The second-order valence-corrected chi connectivity index (χ2v) is 7.71. The van der Waals surface area contributed by atoms with Crippen LogP contribution in [0.2, 0.25) is 0 Å². The van der Waals surface area contributed by atoms with Crippen molar-refractivity contribution in [3.05, 3.63) is 75.5 Å². The predicted molar refractivity (Wildman–Crippen MR) is 104 cm³/mol. The van der Waals surface area contributed by atoms with E-state index in [0.29, 0.717) is 16.3 Å². The van der Waals surface area contributed by atoms with Crippen LogP contribution < -0.4 is 9.64 Å². The van der Waals surface area contributed by atoms with Crippen LogP contribution in [0.1, 0.15) is 32.9 Å². The van der Waals surface area contributed by atoms with Crippen molar-refractivity contribution in [1.29, 1.82) is 0 Å². The number of thiazole rings is 1. The van der Waals surface area contributed by atoms with Gasteiger partial charge in [0.25, 0.3) is 5.91 Å². The highest BCUT2D eigenvalue weighted by atomic mass is 32.1. The quantitative estimate of drug-likeness (QED) is 0.653. The van der Waals surface area contributed by atoms with Crippen LogP contribution >= 0.6 is 11.3 Å². The van der Waals surface area contributed by atoms with E-state index in [0.717, 1.165) is 17.1 Å². The molecule has 1 aliphatic rings. The molecule has 1 amide bonds. The van der Waals surface area contributed by atoms with Crippen molar-refractivity contribution in [3.8, 4) is 5.75 Å². The first kappa shape index (κ1) is 17.7. The third-order valence-electron chi connectivity index (χ3n) is 4.64. The van der Waals surface area contributed by atoms with E-state index >= 15 is 0 Å². The minimum absolute atomic E-state index is 0.0181. The Bertz CT molecular complexity index is 984. The summed E-state index contributed by atoms with van der Waals surface area (Å²) in [6.45, 7) is 4.15. The minimum Gasteiger partial charge on any atom is -0.486 e. The van der Waals surface area contributed by atoms with E-state index in [1.165, 1.54) is 29.0 Å². The van der Waals surface area contributed by atoms with Gasteiger partial charge in [0.15, 0.2) is 0 Å². The summed E-state index contributed by atoms with van der Waals surface area (Å²) in [6.07, 6.45) is 0.861. The van der Waals surface area contributed by atoms with Gasteiger partial charge in [-0.1, -0.05) is 18.2 Å². The van der Waals surface area contributed by atoms with Crippen LogP contribution in [-0.4, -0.2) is 16.9 Å². The van der Waals surface area contributed by atoms with Gasteiger partial charge in [-0.05, 0) is 56.2 Å². The first-order chi connectivity index (χ1) is 13.0. The Balaban J connectivity index is 1.53. The van der Waals surface area contributed by atoms with Crippen LogP contribution in [0.4, 0.5) is 10.1 Å². The number of aromatic nitrogens is 1. The summed E-state index contributed by atoms with van der Waals surface area (Å²) < 4.78 is 18.6. The Hall–Kier alpha value is -2.73. The van der Waals surface area contributed by atoms with E-state index in [1.807, 2.05) is 30.0 Å². The first-order valence-corrected chi connectivity index (χ1v) is 9.60. The summed E-state index contributed by atoms with van der Waals surface area (Å²) in [7, 11) is 0. The number of nitrogens with zero attached hydrogens (tertiary/aromatic N) is 2. The number of hydrogen-bond acceptors (Lipinski definition) is 4. The van der Waals surface area contributed by atoms with Gasteiger partial charge in [0.05, 0.1) is 5.69 Å². The van der Waals surface area contributed by atoms with E-state index < -0.39 is 0 Å². The van der Waals surface area contributed by atoms with Gasteiger partial charge in [-0.15, -0.1) is 11.3 Å². The molecule has 0 spiro atoms. The Labute approximate surface area is 161 Å². The molecular weight excluding hydrogens is 363 g/mol. The molecule has 0 saturated heterocycles. The number of ether oxygens (including phenoxy) is 1. The van der Waals surface area contributed by atoms with Crippen LogP contribution in [0, 0.1) is 12.7 Å². The summed E-state index contributed by atoms with van der Waals surface area (Å²) in [5, 5.41) is 0.723. The van der Waals surface area contributed by atoms with E-state index in [4.69, 9.17) is 4.74 Å². The number of hydrogen-bond donors (Lipinski definition) is 0. The fourth-order valence-corrected chi connectivity index (χ4v) is 4.29. The second kappa shape index (κ2) is 7.12. The minimum atomic E-state index is -0.305. The maximum absolute atomic E-state index is 13.2. The van der Waals surface area contributed by atoms with Gasteiger partial charge in [0.2, 0.25) is 0 Å².